The molecule has 0 unspecified atom stereocenters. The van der Waals surface area contributed by atoms with E-state index in [1.165, 1.54) is 0 Å². The Morgan fingerprint density at radius 2 is 1.90 bits per heavy atom. The number of benzene rings is 1. The van der Waals surface area contributed by atoms with Crippen molar-refractivity contribution in [3.63, 3.8) is 0 Å². The van der Waals surface area contributed by atoms with Crippen LogP contribution in [0, 0.1) is 0 Å². The summed E-state index contributed by atoms with van der Waals surface area (Å²) in [6.45, 7) is 7.62. The number of aromatic nitrogens is 3. The van der Waals surface area contributed by atoms with Crippen LogP contribution in [-0.2, 0) is 13.1 Å². The summed E-state index contributed by atoms with van der Waals surface area (Å²) in [6.07, 6.45) is 1.94. The van der Waals surface area contributed by atoms with Crippen LogP contribution in [-0.4, -0.2) is 39.2 Å². The number of nitrogens with zero attached hydrogens (tertiary/aromatic N) is 4. The first kappa shape index (κ1) is 21.1. The highest BCUT2D eigenvalue weighted by molar-refractivity contribution is 5.89. The normalized spacial score (nSPS) is 11.5. The van der Waals surface area contributed by atoms with E-state index in [0.29, 0.717) is 19.0 Å². The number of carbonyl (C=O) groups is 1. The monoisotopic (exact) mass is 408 g/mol. The summed E-state index contributed by atoms with van der Waals surface area (Å²) in [4.78, 5) is 16.4. The minimum absolute atomic E-state index is 0.0892. The minimum atomic E-state index is -0.213. The van der Waals surface area contributed by atoms with Crippen molar-refractivity contribution in [1.82, 2.24) is 30.5 Å². The molecule has 9 heteroatoms. The molecular formula is C21H28N8O. The van der Waals surface area contributed by atoms with Crippen LogP contribution >= 0.6 is 0 Å². The lowest BCUT2D eigenvalue weighted by Crippen LogP contribution is -2.37. The van der Waals surface area contributed by atoms with Crippen LogP contribution in [0.4, 0.5) is 10.5 Å². The van der Waals surface area contributed by atoms with Gasteiger partial charge in [-0.3, -0.25) is 4.40 Å². The van der Waals surface area contributed by atoms with E-state index in [2.05, 4.69) is 36.5 Å². The van der Waals surface area contributed by atoms with E-state index in [9.17, 15) is 4.79 Å². The lowest BCUT2D eigenvalue weighted by molar-refractivity contribution is 0.250. The van der Waals surface area contributed by atoms with Gasteiger partial charge in [-0.15, -0.1) is 10.2 Å². The van der Waals surface area contributed by atoms with Gasteiger partial charge in [0.2, 0.25) is 0 Å². The molecule has 0 aliphatic rings. The maximum atomic E-state index is 11.8. The molecule has 0 saturated carbocycles. The van der Waals surface area contributed by atoms with E-state index < -0.39 is 0 Å². The standard InChI is InChI=1S/C21H28N8O/c1-4-22-20(24-14-19-28-27-18-7-5-6-12-29(18)19)23-13-16-8-10-17(11-9-16)26-21(30)25-15(2)3/h5-12,15H,4,13-14H2,1-3H3,(H2,22,23,24)(H2,25,26,30). The molecule has 0 radical (unpaired) electrons. The molecule has 2 amide bonds. The van der Waals surface area contributed by atoms with Crippen molar-refractivity contribution in [2.24, 2.45) is 4.99 Å². The van der Waals surface area contributed by atoms with Gasteiger partial charge in [0.05, 0.1) is 13.1 Å². The van der Waals surface area contributed by atoms with Crippen molar-refractivity contribution in [3.05, 3.63) is 60.0 Å². The Hall–Kier alpha value is -3.62. The summed E-state index contributed by atoms with van der Waals surface area (Å²) >= 11 is 0. The Morgan fingerprint density at radius 1 is 1.10 bits per heavy atom. The van der Waals surface area contributed by atoms with Crippen LogP contribution in [0.1, 0.15) is 32.2 Å². The molecule has 30 heavy (non-hydrogen) atoms. The first-order valence-electron chi connectivity index (χ1n) is 10.0. The summed E-state index contributed by atoms with van der Waals surface area (Å²) in [5, 5.41) is 20.5. The third kappa shape index (κ3) is 5.94. The number of nitrogens with one attached hydrogen (secondary N) is 4. The average Bonchev–Trinajstić information content (AvgIpc) is 3.14. The van der Waals surface area contributed by atoms with E-state index in [4.69, 9.17) is 0 Å². The van der Waals surface area contributed by atoms with Crippen LogP contribution in [0.25, 0.3) is 5.65 Å². The van der Waals surface area contributed by atoms with Gasteiger partial charge in [0.15, 0.2) is 17.4 Å². The zero-order valence-electron chi connectivity index (χ0n) is 17.5. The SMILES string of the molecule is CCNC(=NCc1ccc(NC(=O)NC(C)C)cc1)NCc1nnc2ccccn12. The molecule has 0 bridgehead atoms. The van der Waals surface area contributed by atoms with Crippen molar-refractivity contribution < 1.29 is 4.79 Å². The fraction of sp³-hybridized carbons (Fsp3) is 0.333. The lowest BCUT2D eigenvalue weighted by atomic mass is 10.2. The molecule has 2 heterocycles. The van der Waals surface area contributed by atoms with Gasteiger partial charge in [0, 0.05) is 24.5 Å². The highest BCUT2D eigenvalue weighted by atomic mass is 16.2. The third-order valence-electron chi connectivity index (χ3n) is 4.19. The van der Waals surface area contributed by atoms with Gasteiger partial charge in [0.1, 0.15) is 0 Å². The molecule has 158 valence electrons. The quantitative estimate of drug-likeness (QED) is 0.355. The third-order valence-corrected chi connectivity index (χ3v) is 4.19. The van der Waals surface area contributed by atoms with Gasteiger partial charge in [-0.25, -0.2) is 9.79 Å². The number of fused-ring (bicyclic) bond motifs is 1. The number of aliphatic imine (C=N–C) groups is 1. The van der Waals surface area contributed by atoms with Gasteiger partial charge in [-0.2, -0.15) is 0 Å². The number of rotatable bonds is 7. The molecule has 0 aliphatic heterocycles. The fourth-order valence-corrected chi connectivity index (χ4v) is 2.81. The number of pyridine rings is 1. The number of hydrogen-bond donors (Lipinski definition) is 4. The van der Waals surface area contributed by atoms with Crippen molar-refractivity contribution in [3.8, 4) is 0 Å². The first-order valence-corrected chi connectivity index (χ1v) is 10.0. The minimum Gasteiger partial charge on any atom is -0.357 e. The Balaban J connectivity index is 1.58. The molecule has 3 aromatic rings. The van der Waals surface area contributed by atoms with Crippen LogP contribution in [0.3, 0.4) is 0 Å². The second-order valence-electron chi connectivity index (χ2n) is 7.04. The zero-order valence-corrected chi connectivity index (χ0v) is 17.5. The smallest absolute Gasteiger partial charge is 0.319 e. The van der Waals surface area contributed by atoms with Crippen molar-refractivity contribution in [1.29, 1.82) is 0 Å². The van der Waals surface area contributed by atoms with Gasteiger partial charge in [0.25, 0.3) is 0 Å². The largest absolute Gasteiger partial charge is 0.357 e. The number of hydrogen-bond acceptors (Lipinski definition) is 4. The summed E-state index contributed by atoms with van der Waals surface area (Å²) in [5.41, 5.74) is 2.59. The van der Waals surface area contributed by atoms with Gasteiger partial charge in [-0.1, -0.05) is 18.2 Å². The summed E-state index contributed by atoms with van der Waals surface area (Å²) in [6, 6.07) is 13.3. The van der Waals surface area contributed by atoms with E-state index in [1.807, 2.05) is 73.8 Å². The number of amides is 2. The Labute approximate surface area is 176 Å². The second-order valence-corrected chi connectivity index (χ2v) is 7.04. The fourth-order valence-electron chi connectivity index (χ4n) is 2.81. The molecule has 3 rings (SSSR count). The van der Waals surface area contributed by atoms with E-state index in [1.54, 1.807) is 0 Å². The highest BCUT2D eigenvalue weighted by Crippen LogP contribution is 2.10. The first-order chi connectivity index (χ1) is 14.5. The highest BCUT2D eigenvalue weighted by Gasteiger charge is 2.06. The molecule has 1 aromatic carbocycles. The Morgan fingerprint density at radius 3 is 2.63 bits per heavy atom. The van der Waals surface area contributed by atoms with Crippen LogP contribution in [0.5, 0.6) is 0 Å². The predicted molar refractivity (Wildman–Crippen MR) is 118 cm³/mol. The number of guanidine groups is 1. The molecular weight excluding hydrogens is 380 g/mol. The van der Waals surface area contributed by atoms with Crippen molar-refractivity contribution in [2.45, 2.75) is 39.9 Å². The summed E-state index contributed by atoms with van der Waals surface area (Å²) < 4.78 is 1.94. The topological polar surface area (TPSA) is 108 Å². The van der Waals surface area contributed by atoms with Crippen molar-refractivity contribution >= 4 is 23.3 Å². The molecule has 0 fully saturated rings. The molecule has 0 atom stereocenters. The predicted octanol–water partition coefficient (Wildman–Crippen LogP) is 2.51. The van der Waals surface area contributed by atoms with Gasteiger partial charge < -0.3 is 21.3 Å². The molecule has 2 aromatic heterocycles. The molecule has 4 N–H and O–H groups in total. The number of anilines is 1. The van der Waals surface area contributed by atoms with Crippen LogP contribution < -0.4 is 21.3 Å². The van der Waals surface area contributed by atoms with Gasteiger partial charge in [-0.05, 0) is 50.6 Å². The summed E-state index contributed by atoms with van der Waals surface area (Å²) in [7, 11) is 0. The van der Waals surface area contributed by atoms with Crippen molar-refractivity contribution in [2.75, 3.05) is 11.9 Å². The van der Waals surface area contributed by atoms with Crippen LogP contribution in [0.2, 0.25) is 0 Å². The maximum Gasteiger partial charge on any atom is 0.319 e. The number of carbonyl (C=O) groups excluding carboxylic acids is 1. The molecule has 0 saturated heterocycles. The van der Waals surface area contributed by atoms with E-state index in [-0.39, 0.29) is 12.1 Å². The Kier molecular flexibility index (Phi) is 7.20. The molecule has 9 nitrogen and oxygen atoms in total. The number of urea groups is 1. The molecule has 0 spiro atoms. The average molecular weight is 409 g/mol. The van der Waals surface area contributed by atoms with Crippen LogP contribution in [0.15, 0.2) is 53.7 Å². The Bertz CT molecular complexity index is 994. The lowest BCUT2D eigenvalue weighted by Gasteiger charge is -2.11. The van der Waals surface area contributed by atoms with E-state index >= 15 is 0 Å². The maximum absolute atomic E-state index is 11.8. The second kappa shape index (κ2) is 10.2. The van der Waals surface area contributed by atoms with E-state index in [0.717, 1.165) is 29.3 Å². The molecule has 0 aliphatic carbocycles. The zero-order chi connectivity index (χ0) is 21.3. The summed E-state index contributed by atoms with van der Waals surface area (Å²) in [5.74, 6) is 1.51. The van der Waals surface area contributed by atoms with Gasteiger partial charge >= 0.3 is 6.03 Å².